The van der Waals surface area contributed by atoms with Crippen molar-refractivity contribution in [2.75, 3.05) is 0 Å². The van der Waals surface area contributed by atoms with Crippen LogP contribution in [0, 0.1) is 19.3 Å². The molecule has 13 heavy (non-hydrogen) atoms. The van der Waals surface area contributed by atoms with E-state index < -0.39 is 0 Å². The predicted octanol–water partition coefficient (Wildman–Crippen LogP) is 1.81. The Labute approximate surface area is 82.0 Å². The van der Waals surface area contributed by atoms with Gasteiger partial charge in [-0.2, -0.15) is 11.3 Å². The lowest BCUT2D eigenvalue weighted by molar-refractivity contribution is 0.0948. The standard InChI is InChI=1S/C10H11NOS/c1-4-8(3)11-10(12)9-6-13-5-7(9)2/h1,5-6,8H,2-3H3,(H,11,12). The Balaban J connectivity index is 2.71. The Kier molecular flexibility index (Phi) is 3.10. The highest BCUT2D eigenvalue weighted by molar-refractivity contribution is 7.08. The Morgan fingerprint density at radius 2 is 2.38 bits per heavy atom. The minimum absolute atomic E-state index is 0.0933. The first-order valence-electron chi connectivity index (χ1n) is 3.95. The fourth-order valence-electron chi connectivity index (χ4n) is 0.909. The van der Waals surface area contributed by atoms with E-state index >= 15 is 0 Å². The summed E-state index contributed by atoms with van der Waals surface area (Å²) in [6, 6.07) is -0.216. The van der Waals surface area contributed by atoms with Crippen LogP contribution in [0.3, 0.4) is 0 Å². The molecule has 68 valence electrons. The molecule has 1 aromatic rings. The van der Waals surface area contributed by atoms with E-state index in [0.29, 0.717) is 5.56 Å². The van der Waals surface area contributed by atoms with Gasteiger partial charge in [-0.15, -0.1) is 6.42 Å². The second kappa shape index (κ2) is 4.11. The number of rotatable bonds is 2. The van der Waals surface area contributed by atoms with Gasteiger partial charge in [0, 0.05) is 5.38 Å². The van der Waals surface area contributed by atoms with Crippen LogP contribution in [-0.4, -0.2) is 11.9 Å². The summed E-state index contributed by atoms with van der Waals surface area (Å²) >= 11 is 1.52. The van der Waals surface area contributed by atoms with Crippen molar-refractivity contribution in [3.8, 4) is 12.3 Å². The third-order valence-electron chi connectivity index (χ3n) is 1.70. The zero-order chi connectivity index (χ0) is 9.84. The second-order valence-electron chi connectivity index (χ2n) is 2.83. The summed E-state index contributed by atoms with van der Waals surface area (Å²) in [7, 11) is 0. The number of hydrogen-bond acceptors (Lipinski definition) is 2. The van der Waals surface area contributed by atoms with Crippen LogP contribution in [-0.2, 0) is 0 Å². The first kappa shape index (κ1) is 9.82. The predicted molar refractivity (Wildman–Crippen MR) is 54.8 cm³/mol. The highest BCUT2D eigenvalue weighted by Crippen LogP contribution is 2.13. The van der Waals surface area contributed by atoms with E-state index in [4.69, 9.17) is 6.42 Å². The van der Waals surface area contributed by atoms with Crippen LogP contribution in [0.15, 0.2) is 10.8 Å². The molecule has 1 amide bonds. The highest BCUT2D eigenvalue weighted by Gasteiger charge is 2.10. The maximum atomic E-state index is 11.5. The number of nitrogens with one attached hydrogen (secondary N) is 1. The molecule has 3 heteroatoms. The van der Waals surface area contributed by atoms with E-state index in [-0.39, 0.29) is 11.9 Å². The van der Waals surface area contributed by atoms with Crippen LogP contribution in [0.5, 0.6) is 0 Å². The van der Waals surface area contributed by atoms with Crippen LogP contribution in [0.1, 0.15) is 22.8 Å². The van der Waals surface area contributed by atoms with Crippen molar-refractivity contribution in [2.24, 2.45) is 0 Å². The van der Waals surface area contributed by atoms with Gasteiger partial charge in [0.25, 0.3) is 5.91 Å². The molecule has 0 saturated carbocycles. The average molecular weight is 193 g/mol. The van der Waals surface area contributed by atoms with Crippen molar-refractivity contribution < 1.29 is 4.79 Å². The van der Waals surface area contributed by atoms with Crippen LogP contribution in [0.25, 0.3) is 0 Å². The lowest BCUT2D eigenvalue weighted by Gasteiger charge is -2.06. The number of carbonyl (C=O) groups is 1. The van der Waals surface area contributed by atoms with Gasteiger partial charge in [0.1, 0.15) is 0 Å². The maximum absolute atomic E-state index is 11.5. The molecule has 0 aliphatic heterocycles. The zero-order valence-electron chi connectivity index (χ0n) is 7.63. The van der Waals surface area contributed by atoms with E-state index in [9.17, 15) is 4.79 Å². The largest absolute Gasteiger partial charge is 0.339 e. The van der Waals surface area contributed by atoms with Crippen molar-refractivity contribution in [1.82, 2.24) is 5.32 Å². The SMILES string of the molecule is C#CC(C)NC(=O)c1cscc1C. The molecular formula is C10H11NOS. The van der Waals surface area contributed by atoms with E-state index in [1.54, 1.807) is 6.92 Å². The number of thiophene rings is 1. The Bertz CT molecular complexity index is 348. The molecule has 1 aromatic heterocycles. The minimum Gasteiger partial charge on any atom is -0.339 e. The minimum atomic E-state index is -0.216. The molecule has 1 rings (SSSR count). The first-order chi connectivity index (χ1) is 6.15. The molecule has 1 atom stereocenters. The Morgan fingerprint density at radius 1 is 1.69 bits per heavy atom. The summed E-state index contributed by atoms with van der Waals surface area (Å²) in [6.45, 7) is 3.69. The van der Waals surface area contributed by atoms with Gasteiger partial charge in [-0.3, -0.25) is 4.79 Å². The zero-order valence-corrected chi connectivity index (χ0v) is 8.44. The lowest BCUT2D eigenvalue weighted by atomic mass is 10.2. The van der Waals surface area contributed by atoms with Crippen LogP contribution < -0.4 is 5.32 Å². The van der Waals surface area contributed by atoms with E-state index in [0.717, 1.165) is 5.56 Å². The molecule has 0 saturated heterocycles. The monoisotopic (exact) mass is 193 g/mol. The van der Waals surface area contributed by atoms with Crippen molar-refractivity contribution in [1.29, 1.82) is 0 Å². The van der Waals surface area contributed by atoms with E-state index in [2.05, 4.69) is 11.2 Å². The van der Waals surface area contributed by atoms with Crippen molar-refractivity contribution >= 4 is 17.2 Å². The normalized spacial score (nSPS) is 11.8. The topological polar surface area (TPSA) is 29.1 Å². The highest BCUT2D eigenvalue weighted by atomic mass is 32.1. The molecule has 0 fully saturated rings. The molecule has 0 spiro atoms. The van der Waals surface area contributed by atoms with Gasteiger partial charge >= 0.3 is 0 Å². The summed E-state index contributed by atoms with van der Waals surface area (Å²) < 4.78 is 0. The molecule has 1 N–H and O–H groups in total. The number of aryl methyl sites for hydroxylation is 1. The fraction of sp³-hybridized carbons (Fsp3) is 0.300. The summed E-state index contributed by atoms with van der Waals surface area (Å²) in [5, 5.41) is 6.47. The molecular weight excluding hydrogens is 182 g/mol. The van der Waals surface area contributed by atoms with Crippen molar-refractivity contribution in [3.63, 3.8) is 0 Å². The summed E-state index contributed by atoms with van der Waals surface area (Å²) in [4.78, 5) is 11.5. The van der Waals surface area contributed by atoms with Gasteiger partial charge < -0.3 is 5.32 Å². The molecule has 0 aromatic carbocycles. The van der Waals surface area contributed by atoms with E-state index in [1.807, 2.05) is 17.7 Å². The number of amides is 1. The second-order valence-corrected chi connectivity index (χ2v) is 3.57. The third-order valence-corrected chi connectivity index (χ3v) is 2.56. The van der Waals surface area contributed by atoms with Crippen LogP contribution in [0.4, 0.5) is 0 Å². The van der Waals surface area contributed by atoms with Crippen LogP contribution in [0.2, 0.25) is 0 Å². The smallest absolute Gasteiger partial charge is 0.253 e. The molecule has 0 radical (unpaired) electrons. The quantitative estimate of drug-likeness (QED) is 0.713. The summed E-state index contributed by atoms with van der Waals surface area (Å²) in [5.41, 5.74) is 1.71. The van der Waals surface area contributed by atoms with Crippen molar-refractivity contribution in [2.45, 2.75) is 19.9 Å². The first-order valence-corrected chi connectivity index (χ1v) is 4.89. The number of carbonyl (C=O) groups excluding carboxylic acids is 1. The van der Waals surface area contributed by atoms with Gasteiger partial charge in [0.15, 0.2) is 0 Å². The average Bonchev–Trinajstić information content (AvgIpc) is 2.51. The van der Waals surface area contributed by atoms with Gasteiger partial charge in [0.05, 0.1) is 11.6 Å². The lowest BCUT2D eigenvalue weighted by Crippen LogP contribution is -2.31. The molecule has 0 aliphatic rings. The number of hydrogen-bond donors (Lipinski definition) is 1. The van der Waals surface area contributed by atoms with E-state index in [1.165, 1.54) is 11.3 Å². The van der Waals surface area contributed by atoms with Gasteiger partial charge in [0.2, 0.25) is 0 Å². The fourth-order valence-corrected chi connectivity index (χ4v) is 1.74. The Hall–Kier alpha value is -1.27. The van der Waals surface area contributed by atoms with Gasteiger partial charge in [-0.25, -0.2) is 0 Å². The van der Waals surface area contributed by atoms with Gasteiger partial charge in [-0.1, -0.05) is 5.92 Å². The van der Waals surface area contributed by atoms with Gasteiger partial charge in [-0.05, 0) is 24.8 Å². The summed E-state index contributed by atoms with van der Waals surface area (Å²) in [6.07, 6.45) is 5.15. The third kappa shape index (κ3) is 2.33. The van der Waals surface area contributed by atoms with Crippen LogP contribution >= 0.6 is 11.3 Å². The molecule has 2 nitrogen and oxygen atoms in total. The maximum Gasteiger partial charge on any atom is 0.253 e. The van der Waals surface area contributed by atoms with Crippen molar-refractivity contribution in [3.05, 3.63) is 21.9 Å². The summed E-state index contributed by atoms with van der Waals surface area (Å²) in [5.74, 6) is 2.36. The molecule has 0 aliphatic carbocycles. The number of terminal acetylenes is 1. The molecule has 1 unspecified atom stereocenters. The molecule has 0 bridgehead atoms. The molecule has 1 heterocycles. The Morgan fingerprint density at radius 3 is 2.85 bits per heavy atom.